The molecule has 1 saturated heterocycles. The molecule has 5 heteroatoms. The highest BCUT2D eigenvalue weighted by Gasteiger charge is 2.27. The van der Waals surface area contributed by atoms with Crippen LogP contribution in [-0.2, 0) is 0 Å². The van der Waals surface area contributed by atoms with Gasteiger partial charge in [-0.15, -0.1) is 0 Å². The Morgan fingerprint density at radius 1 is 1.25 bits per heavy atom. The van der Waals surface area contributed by atoms with Crippen LogP contribution in [0.1, 0.15) is 23.2 Å². The lowest BCUT2D eigenvalue weighted by Gasteiger charge is -2.34. The average molecular weight is 294 g/mol. The Kier molecular flexibility index (Phi) is 3.85. The summed E-state index contributed by atoms with van der Waals surface area (Å²) in [5.41, 5.74) is 6.81. The second-order valence-corrected chi connectivity index (χ2v) is 6.18. The highest BCUT2D eigenvalue weighted by atomic mass is 35.5. The molecular formula is C15H20ClN3O. The number of rotatable bonds is 3. The minimum Gasteiger partial charge on any atom is -0.398 e. The fourth-order valence-electron chi connectivity index (χ4n) is 2.64. The van der Waals surface area contributed by atoms with E-state index in [1.807, 2.05) is 4.90 Å². The SMILES string of the molecule is Nc1ccc(C(=O)N2CCN(CC3CC3)CC2)cc1Cl. The number of nitrogens with zero attached hydrogens (tertiary/aromatic N) is 2. The number of benzene rings is 1. The Morgan fingerprint density at radius 3 is 2.55 bits per heavy atom. The van der Waals surface area contributed by atoms with Crippen molar-refractivity contribution in [3.8, 4) is 0 Å². The molecule has 2 fully saturated rings. The number of nitrogens with two attached hydrogens (primary N) is 1. The average Bonchev–Trinajstić information content (AvgIpc) is 3.26. The zero-order chi connectivity index (χ0) is 14.1. The van der Waals surface area contributed by atoms with Crippen LogP contribution < -0.4 is 5.73 Å². The van der Waals surface area contributed by atoms with Crippen molar-refractivity contribution in [2.45, 2.75) is 12.8 Å². The molecule has 1 heterocycles. The van der Waals surface area contributed by atoms with Crippen molar-refractivity contribution < 1.29 is 4.79 Å². The number of nitrogen functional groups attached to an aromatic ring is 1. The van der Waals surface area contributed by atoms with Gasteiger partial charge >= 0.3 is 0 Å². The molecule has 1 amide bonds. The van der Waals surface area contributed by atoms with Crippen molar-refractivity contribution in [2.75, 3.05) is 38.5 Å². The van der Waals surface area contributed by atoms with Gasteiger partial charge in [-0.3, -0.25) is 9.69 Å². The van der Waals surface area contributed by atoms with Gasteiger partial charge in [0.25, 0.3) is 5.91 Å². The molecule has 1 aliphatic carbocycles. The summed E-state index contributed by atoms with van der Waals surface area (Å²) in [4.78, 5) is 16.8. The van der Waals surface area contributed by atoms with Gasteiger partial charge in [-0.05, 0) is 37.0 Å². The molecule has 108 valence electrons. The van der Waals surface area contributed by atoms with Crippen molar-refractivity contribution in [3.05, 3.63) is 28.8 Å². The quantitative estimate of drug-likeness (QED) is 0.868. The summed E-state index contributed by atoms with van der Waals surface area (Å²) in [5, 5.41) is 0.447. The highest BCUT2D eigenvalue weighted by Crippen LogP contribution is 2.30. The van der Waals surface area contributed by atoms with E-state index < -0.39 is 0 Å². The number of piperazine rings is 1. The van der Waals surface area contributed by atoms with Gasteiger partial charge in [-0.25, -0.2) is 0 Å². The zero-order valence-electron chi connectivity index (χ0n) is 11.5. The highest BCUT2D eigenvalue weighted by molar-refractivity contribution is 6.33. The van der Waals surface area contributed by atoms with Gasteiger partial charge in [0, 0.05) is 38.3 Å². The second kappa shape index (κ2) is 5.62. The maximum atomic E-state index is 12.4. The van der Waals surface area contributed by atoms with E-state index >= 15 is 0 Å². The minimum atomic E-state index is 0.0537. The Labute approximate surface area is 124 Å². The first-order valence-corrected chi connectivity index (χ1v) is 7.58. The van der Waals surface area contributed by atoms with E-state index in [4.69, 9.17) is 17.3 Å². The molecule has 0 spiro atoms. The van der Waals surface area contributed by atoms with E-state index in [-0.39, 0.29) is 5.91 Å². The summed E-state index contributed by atoms with van der Waals surface area (Å²) in [5.74, 6) is 0.964. The summed E-state index contributed by atoms with van der Waals surface area (Å²) >= 11 is 5.98. The molecule has 1 aliphatic heterocycles. The zero-order valence-corrected chi connectivity index (χ0v) is 12.3. The van der Waals surface area contributed by atoms with E-state index in [1.165, 1.54) is 19.4 Å². The van der Waals surface area contributed by atoms with Crippen LogP contribution >= 0.6 is 11.6 Å². The first-order chi connectivity index (χ1) is 9.63. The van der Waals surface area contributed by atoms with E-state index in [1.54, 1.807) is 18.2 Å². The monoisotopic (exact) mass is 293 g/mol. The van der Waals surface area contributed by atoms with Crippen LogP contribution in [0.25, 0.3) is 0 Å². The molecule has 2 N–H and O–H groups in total. The second-order valence-electron chi connectivity index (χ2n) is 5.77. The van der Waals surface area contributed by atoms with Gasteiger partial charge in [0.2, 0.25) is 0 Å². The molecule has 3 rings (SSSR count). The number of carbonyl (C=O) groups excluding carboxylic acids is 1. The third-order valence-corrected chi connectivity index (χ3v) is 4.45. The maximum Gasteiger partial charge on any atom is 0.253 e. The minimum absolute atomic E-state index is 0.0537. The number of carbonyl (C=O) groups is 1. The number of amides is 1. The van der Waals surface area contributed by atoms with Gasteiger partial charge in [0.05, 0.1) is 10.7 Å². The summed E-state index contributed by atoms with van der Waals surface area (Å²) in [6.07, 6.45) is 2.76. The van der Waals surface area contributed by atoms with Crippen molar-refractivity contribution in [1.82, 2.24) is 9.80 Å². The molecule has 2 aliphatic rings. The third-order valence-electron chi connectivity index (χ3n) is 4.12. The topological polar surface area (TPSA) is 49.6 Å². The number of hydrogen-bond donors (Lipinski definition) is 1. The van der Waals surface area contributed by atoms with E-state index in [0.29, 0.717) is 16.3 Å². The lowest BCUT2D eigenvalue weighted by Crippen LogP contribution is -2.49. The Balaban J connectivity index is 1.58. The Bertz CT molecular complexity index is 508. The molecule has 20 heavy (non-hydrogen) atoms. The molecule has 0 atom stereocenters. The van der Waals surface area contributed by atoms with Crippen molar-refractivity contribution in [2.24, 2.45) is 5.92 Å². The summed E-state index contributed by atoms with van der Waals surface area (Å²) in [6.45, 7) is 4.76. The van der Waals surface area contributed by atoms with Crippen LogP contribution in [0.4, 0.5) is 5.69 Å². The van der Waals surface area contributed by atoms with Gasteiger partial charge in [0.1, 0.15) is 0 Å². The standard InChI is InChI=1S/C15H20ClN3O/c16-13-9-12(3-4-14(13)17)15(20)19-7-5-18(6-8-19)10-11-1-2-11/h3-4,9,11H,1-2,5-8,10,17H2. The van der Waals surface area contributed by atoms with E-state index in [2.05, 4.69) is 4.90 Å². The molecule has 1 aromatic rings. The first-order valence-electron chi connectivity index (χ1n) is 7.20. The third kappa shape index (κ3) is 3.07. The lowest BCUT2D eigenvalue weighted by molar-refractivity contribution is 0.0632. The summed E-state index contributed by atoms with van der Waals surface area (Å²) in [7, 11) is 0. The summed E-state index contributed by atoms with van der Waals surface area (Å²) < 4.78 is 0. The summed E-state index contributed by atoms with van der Waals surface area (Å²) in [6, 6.07) is 5.11. The van der Waals surface area contributed by atoms with E-state index in [9.17, 15) is 4.79 Å². The fourth-order valence-corrected chi connectivity index (χ4v) is 2.82. The normalized spacial score (nSPS) is 20.1. The molecule has 0 radical (unpaired) electrons. The molecule has 0 unspecified atom stereocenters. The van der Waals surface area contributed by atoms with Crippen molar-refractivity contribution >= 4 is 23.2 Å². The van der Waals surface area contributed by atoms with Crippen LogP contribution in [0.3, 0.4) is 0 Å². The largest absolute Gasteiger partial charge is 0.398 e. The van der Waals surface area contributed by atoms with Crippen LogP contribution in [0.5, 0.6) is 0 Å². The van der Waals surface area contributed by atoms with Crippen LogP contribution in [-0.4, -0.2) is 48.4 Å². The van der Waals surface area contributed by atoms with Gasteiger partial charge in [-0.2, -0.15) is 0 Å². The number of halogens is 1. The van der Waals surface area contributed by atoms with Crippen LogP contribution in [0.2, 0.25) is 5.02 Å². The molecule has 1 saturated carbocycles. The molecule has 0 aromatic heterocycles. The molecule has 0 bridgehead atoms. The smallest absolute Gasteiger partial charge is 0.253 e. The maximum absolute atomic E-state index is 12.4. The molecular weight excluding hydrogens is 274 g/mol. The van der Waals surface area contributed by atoms with Crippen molar-refractivity contribution in [1.29, 1.82) is 0 Å². The Morgan fingerprint density at radius 2 is 1.95 bits per heavy atom. The number of hydrogen-bond acceptors (Lipinski definition) is 3. The fraction of sp³-hybridized carbons (Fsp3) is 0.533. The van der Waals surface area contributed by atoms with Crippen molar-refractivity contribution in [3.63, 3.8) is 0 Å². The predicted molar refractivity (Wildman–Crippen MR) is 80.9 cm³/mol. The van der Waals surface area contributed by atoms with Crippen LogP contribution in [0.15, 0.2) is 18.2 Å². The lowest BCUT2D eigenvalue weighted by atomic mass is 10.1. The predicted octanol–water partition coefficient (Wildman–Crippen LogP) is 2.09. The number of anilines is 1. The van der Waals surface area contributed by atoms with Crippen LogP contribution in [0, 0.1) is 5.92 Å². The molecule has 1 aromatic carbocycles. The van der Waals surface area contributed by atoms with E-state index in [0.717, 1.165) is 32.1 Å². The van der Waals surface area contributed by atoms with Gasteiger partial charge < -0.3 is 10.6 Å². The molecule has 4 nitrogen and oxygen atoms in total. The first kappa shape index (κ1) is 13.7. The van der Waals surface area contributed by atoms with Gasteiger partial charge in [-0.1, -0.05) is 11.6 Å². The Hall–Kier alpha value is -1.26. The van der Waals surface area contributed by atoms with Gasteiger partial charge in [0.15, 0.2) is 0 Å².